The predicted octanol–water partition coefficient (Wildman–Crippen LogP) is 7.72. The highest BCUT2D eigenvalue weighted by Crippen LogP contribution is 2.35. The SMILES string of the molecule is CCOC(=O)C1=C(C)N=c2s/c(=C\c3ccc(OCc4ccc(Cl)cc4Cl)c(OC)c3)c(=O)n2[C@@H]1c1ccc(-c2ccc(Br)cc2)o1. The van der Waals surface area contributed by atoms with Crippen molar-refractivity contribution in [2.24, 2.45) is 4.99 Å². The van der Waals surface area contributed by atoms with Crippen LogP contribution < -0.4 is 24.4 Å². The first kappa shape index (κ1) is 32.8. The first-order chi connectivity index (χ1) is 22.7. The topological polar surface area (TPSA) is 92.3 Å². The van der Waals surface area contributed by atoms with E-state index in [1.165, 1.54) is 15.9 Å². The number of carbonyl (C=O) groups is 1. The van der Waals surface area contributed by atoms with Crippen LogP contribution in [0.25, 0.3) is 17.4 Å². The maximum Gasteiger partial charge on any atom is 0.338 e. The molecule has 1 aliphatic rings. The molecule has 0 spiro atoms. The van der Waals surface area contributed by atoms with Crippen molar-refractivity contribution in [3.8, 4) is 22.8 Å². The summed E-state index contributed by atoms with van der Waals surface area (Å²) in [7, 11) is 1.54. The molecule has 0 saturated heterocycles. The number of nitrogens with zero attached hydrogens (tertiary/aromatic N) is 2. The number of methoxy groups -OCH3 is 1. The van der Waals surface area contributed by atoms with E-state index in [0.29, 0.717) is 53.7 Å². The van der Waals surface area contributed by atoms with Gasteiger partial charge in [-0.25, -0.2) is 9.79 Å². The van der Waals surface area contributed by atoms with Crippen molar-refractivity contribution in [1.82, 2.24) is 4.57 Å². The molecule has 1 atom stereocenters. The number of fused-ring (bicyclic) bond motifs is 1. The van der Waals surface area contributed by atoms with E-state index in [0.717, 1.165) is 15.6 Å². The molecule has 0 saturated carbocycles. The fraction of sp³-hybridized carbons (Fsp3) is 0.171. The Morgan fingerprint density at radius 2 is 1.85 bits per heavy atom. The highest BCUT2D eigenvalue weighted by molar-refractivity contribution is 9.10. The van der Waals surface area contributed by atoms with Crippen LogP contribution in [0.2, 0.25) is 10.0 Å². The Labute approximate surface area is 292 Å². The second-order valence-corrected chi connectivity index (χ2v) is 13.2. The molecule has 6 rings (SSSR count). The lowest BCUT2D eigenvalue weighted by Crippen LogP contribution is -2.39. The molecule has 12 heteroatoms. The number of allylic oxidation sites excluding steroid dienone is 1. The molecule has 0 aliphatic carbocycles. The number of carbonyl (C=O) groups excluding carboxylic acids is 1. The molecule has 2 aromatic heterocycles. The van der Waals surface area contributed by atoms with Crippen LogP contribution in [0.5, 0.6) is 11.5 Å². The fourth-order valence-electron chi connectivity index (χ4n) is 5.17. The van der Waals surface area contributed by atoms with Crippen molar-refractivity contribution < 1.29 is 23.4 Å². The third kappa shape index (κ3) is 6.82. The molecule has 0 amide bonds. The Morgan fingerprint density at radius 1 is 1.06 bits per heavy atom. The van der Waals surface area contributed by atoms with E-state index in [1.807, 2.05) is 36.4 Å². The number of hydrogen-bond donors (Lipinski definition) is 0. The molecule has 240 valence electrons. The average Bonchev–Trinajstić information content (AvgIpc) is 3.65. The van der Waals surface area contributed by atoms with Crippen LogP contribution in [-0.4, -0.2) is 24.3 Å². The minimum absolute atomic E-state index is 0.170. The van der Waals surface area contributed by atoms with Gasteiger partial charge in [-0.2, -0.15) is 0 Å². The summed E-state index contributed by atoms with van der Waals surface area (Å²) < 4.78 is 26.1. The van der Waals surface area contributed by atoms with Crippen LogP contribution in [0.15, 0.2) is 103 Å². The molecule has 0 bridgehead atoms. The van der Waals surface area contributed by atoms with Crippen LogP contribution >= 0.6 is 50.5 Å². The number of thiazole rings is 1. The van der Waals surface area contributed by atoms with E-state index < -0.39 is 12.0 Å². The minimum atomic E-state index is -0.873. The van der Waals surface area contributed by atoms with E-state index in [4.69, 9.17) is 41.8 Å². The van der Waals surface area contributed by atoms with Crippen molar-refractivity contribution >= 4 is 62.5 Å². The Kier molecular flexibility index (Phi) is 9.75. The summed E-state index contributed by atoms with van der Waals surface area (Å²) in [6.07, 6.45) is 1.75. The van der Waals surface area contributed by atoms with Gasteiger partial charge in [-0.1, -0.05) is 74.7 Å². The summed E-state index contributed by atoms with van der Waals surface area (Å²) in [5.74, 6) is 1.43. The molecular formula is C35H27BrCl2N2O6S. The van der Waals surface area contributed by atoms with Gasteiger partial charge in [0.2, 0.25) is 0 Å². The van der Waals surface area contributed by atoms with Crippen molar-refractivity contribution in [3.05, 3.63) is 135 Å². The zero-order valence-electron chi connectivity index (χ0n) is 25.4. The molecule has 1 aliphatic heterocycles. The zero-order valence-corrected chi connectivity index (χ0v) is 29.3. The zero-order chi connectivity index (χ0) is 33.2. The Morgan fingerprint density at radius 3 is 2.57 bits per heavy atom. The normalized spacial score (nSPS) is 14.5. The van der Waals surface area contributed by atoms with Gasteiger partial charge in [0, 0.05) is 25.6 Å². The summed E-state index contributed by atoms with van der Waals surface area (Å²) in [6, 6.07) is 21.0. The molecule has 3 aromatic carbocycles. The van der Waals surface area contributed by atoms with Crippen molar-refractivity contribution in [1.29, 1.82) is 0 Å². The largest absolute Gasteiger partial charge is 0.493 e. The number of benzene rings is 3. The minimum Gasteiger partial charge on any atom is -0.493 e. The van der Waals surface area contributed by atoms with Gasteiger partial charge < -0.3 is 18.6 Å². The van der Waals surface area contributed by atoms with Gasteiger partial charge in [-0.05, 0) is 74.0 Å². The average molecular weight is 754 g/mol. The predicted molar refractivity (Wildman–Crippen MR) is 186 cm³/mol. The van der Waals surface area contributed by atoms with E-state index in [-0.39, 0.29) is 24.3 Å². The summed E-state index contributed by atoms with van der Waals surface area (Å²) in [5.41, 5.74) is 2.70. The van der Waals surface area contributed by atoms with Gasteiger partial charge in [0.15, 0.2) is 16.3 Å². The summed E-state index contributed by atoms with van der Waals surface area (Å²) in [6.45, 7) is 3.84. The van der Waals surface area contributed by atoms with Crippen molar-refractivity contribution in [3.63, 3.8) is 0 Å². The number of aromatic nitrogens is 1. The monoisotopic (exact) mass is 752 g/mol. The maximum absolute atomic E-state index is 14.1. The standard InChI is InChI=1S/C35H27BrCl2N2O6S/c1-4-44-34(42)31-19(2)39-35-40(32(31)28-14-13-26(46-28)21-6-9-23(36)10-7-21)33(41)30(47-35)16-20-5-12-27(29(15-20)43-3)45-18-22-8-11-24(37)17-25(22)38/h5-17,32H,4,18H2,1-3H3/b30-16-/t32-/m1/s1. The van der Waals surface area contributed by atoms with Crippen LogP contribution in [0.1, 0.15) is 36.8 Å². The first-order valence-corrected chi connectivity index (χ1v) is 16.8. The second kappa shape index (κ2) is 13.9. The quantitative estimate of drug-likeness (QED) is 0.143. The van der Waals surface area contributed by atoms with Crippen LogP contribution in [0.3, 0.4) is 0 Å². The van der Waals surface area contributed by atoms with Gasteiger partial charge >= 0.3 is 5.97 Å². The Balaban J connectivity index is 1.38. The molecule has 3 heterocycles. The van der Waals surface area contributed by atoms with Crippen molar-refractivity contribution in [2.45, 2.75) is 26.5 Å². The molecule has 0 N–H and O–H groups in total. The first-order valence-electron chi connectivity index (χ1n) is 14.5. The second-order valence-electron chi connectivity index (χ2n) is 10.4. The van der Waals surface area contributed by atoms with E-state index in [1.54, 1.807) is 63.4 Å². The molecule has 5 aromatic rings. The Hall–Kier alpha value is -4.09. The molecular weight excluding hydrogens is 727 g/mol. The fourth-order valence-corrected chi connectivity index (χ4v) is 6.94. The highest BCUT2D eigenvalue weighted by Gasteiger charge is 2.35. The van der Waals surface area contributed by atoms with Crippen LogP contribution in [-0.2, 0) is 16.1 Å². The van der Waals surface area contributed by atoms with E-state index in [9.17, 15) is 9.59 Å². The van der Waals surface area contributed by atoms with E-state index >= 15 is 0 Å². The number of halogens is 3. The van der Waals surface area contributed by atoms with Gasteiger partial charge in [0.25, 0.3) is 5.56 Å². The summed E-state index contributed by atoms with van der Waals surface area (Å²) in [4.78, 5) is 32.4. The molecule has 0 radical (unpaired) electrons. The molecule has 8 nitrogen and oxygen atoms in total. The van der Waals surface area contributed by atoms with Crippen LogP contribution in [0.4, 0.5) is 0 Å². The Bertz CT molecular complexity index is 2200. The smallest absolute Gasteiger partial charge is 0.338 e. The lowest BCUT2D eigenvalue weighted by Gasteiger charge is -2.22. The molecule has 0 fully saturated rings. The van der Waals surface area contributed by atoms with Crippen LogP contribution in [0, 0.1) is 0 Å². The number of ether oxygens (including phenoxy) is 3. The van der Waals surface area contributed by atoms with Gasteiger partial charge in [-0.3, -0.25) is 9.36 Å². The third-order valence-corrected chi connectivity index (χ3v) is 9.52. The molecule has 47 heavy (non-hydrogen) atoms. The highest BCUT2D eigenvalue weighted by atomic mass is 79.9. The van der Waals surface area contributed by atoms with Crippen molar-refractivity contribution in [2.75, 3.05) is 13.7 Å². The summed E-state index contributed by atoms with van der Waals surface area (Å²) in [5, 5.41) is 1.04. The lowest BCUT2D eigenvalue weighted by molar-refractivity contribution is -0.139. The van der Waals surface area contributed by atoms with Gasteiger partial charge in [-0.15, -0.1) is 0 Å². The van der Waals surface area contributed by atoms with Gasteiger partial charge in [0.05, 0.1) is 29.5 Å². The number of esters is 1. The van der Waals surface area contributed by atoms with Gasteiger partial charge in [0.1, 0.15) is 24.2 Å². The third-order valence-electron chi connectivity index (χ3n) is 7.43. The number of hydrogen-bond acceptors (Lipinski definition) is 8. The lowest BCUT2D eigenvalue weighted by atomic mass is 10.0. The van der Waals surface area contributed by atoms with E-state index in [2.05, 4.69) is 20.9 Å². The number of rotatable bonds is 9. The molecule has 0 unspecified atom stereocenters. The summed E-state index contributed by atoms with van der Waals surface area (Å²) >= 11 is 17.0. The number of furan rings is 1. The maximum atomic E-state index is 14.1.